The van der Waals surface area contributed by atoms with Crippen LogP contribution in [0.15, 0.2) is 24.3 Å². The number of carbonyl (C=O) groups is 1. The Balaban J connectivity index is 2.28. The molecule has 1 fully saturated rings. The lowest BCUT2D eigenvalue weighted by atomic mass is 10.3. The van der Waals surface area contributed by atoms with Gasteiger partial charge in [0.1, 0.15) is 0 Å². The molecule has 0 aliphatic carbocycles. The van der Waals surface area contributed by atoms with Gasteiger partial charge in [0.15, 0.2) is 0 Å². The number of amides is 1. The molecule has 1 aliphatic heterocycles. The smallest absolute Gasteiger partial charge is 0.240 e. The van der Waals surface area contributed by atoms with E-state index in [1.807, 2.05) is 29.2 Å². The van der Waals surface area contributed by atoms with Gasteiger partial charge < -0.3 is 4.90 Å². The van der Waals surface area contributed by atoms with Crippen LogP contribution in [0.25, 0.3) is 0 Å². The first-order valence-electron chi connectivity index (χ1n) is 4.39. The second kappa shape index (κ2) is 4.18. The van der Waals surface area contributed by atoms with Crippen LogP contribution in [0.4, 0.5) is 5.69 Å². The minimum atomic E-state index is 0.000340. The lowest BCUT2D eigenvalue weighted by Crippen LogP contribution is -2.26. The second-order valence-electron chi connectivity index (χ2n) is 3.23. The minimum absolute atomic E-state index is 0.000340. The Morgan fingerprint density at radius 2 is 2.29 bits per heavy atom. The Morgan fingerprint density at radius 3 is 2.86 bits per heavy atom. The van der Waals surface area contributed by atoms with Gasteiger partial charge in [-0.05, 0) is 47.2 Å². The first-order chi connectivity index (χ1) is 6.68. The first kappa shape index (κ1) is 10.4. The van der Waals surface area contributed by atoms with Crippen molar-refractivity contribution in [1.82, 2.24) is 0 Å². The van der Waals surface area contributed by atoms with E-state index in [1.165, 1.54) is 0 Å². The molecule has 0 aromatic heterocycles. The number of rotatable bonds is 1. The highest BCUT2D eigenvalue weighted by molar-refractivity contribution is 14.1. The first-order valence-corrected chi connectivity index (χ1v) is 6.39. The molecule has 0 saturated carbocycles. The third-order valence-electron chi connectivity index (χ3n) is 2.26. The number of hydrogen-bond acceptors (Lipinski definition) is 1. The summed E-state index contributed by atoms with van der Waals surface area (Å²) in [6, 6.07) is 8.01. The zero-order chi connectivity index (χ0) is 10.1. The molecule has 1 heterocycles. The van der Waals surface area contributed by atoms with Crippen LogP contribution >= 0.6 is 38.5 Å². The Kier molecular flexibility index (Phi) is 3.11. The van der Waals surface area contributed by atoms with Gasteiger partial charge in [0.05, 0.1) is 4.83 Å². The predicted octanol–water partition coefficient (Wildman–Crippen LogP) is 2.79. The average Bonchev–Trinajstić information content (AvgIpc) is 2.48. The minimum Gasteiger partial charge on any atom is -0.311 e. The summed E-state index contributed by atoms with van der Waals surface area (Å²) in [7, 11) is 0. The van der Waals surface area contributed by atoms with Crippen molar-refractivity contribution >= 4 is 50.1 Å². The fraction of sp³-hybridized carbons (Fsp3) is 0.300. The molecule has 2 nitrogen and oxygen atoms in total. The molecule has 14 heavy (non-hydrogen) atoms. The number of nitrogens with zero attached hydrogens (tertiary/aromatic N) is 1. The maximum atomic E-state index is 11.7. The van der Waals surface area contributed by atoms with E-state index >= 15 is 0 Å². The summed E-state index contributed by atoms with van der Waals surface area (Å²) in [4.78, 5) is 13.5. The van der Waals surface area contributed by atoms with Gasteiger partial charge in [-0.2, -0.15) is 0 Å². The van der Waals surface area contributed by atoms with E-state index in [2.05, 4.69) is 38.5 Å². The van der Waals surface area contributed by atoms with Crippen molar-refractivity contribution in [2.45, 2.75) is 11.2 Å². The monoisotopic (exact) mass is 365 g/mol. The number of alkyl halides is 1. The SMILES string of the molecule is O=C1C(Br)CCN1c1cccc(I)c1. The van der Waals surface area contributed by atoms with Crippen LogP contribution in [-0.2, 0) is 4.79 Å². The van der Waals surface area contributed by atoms with E-state index in [-0.39, 0.29) is 10.7 Å². The number of anilines is 1. The molecule has 1 aliphatic rings. The number of halogens is 2. The fourth-order valence-corrected chi connectivity index (χ4v) is 2.52. The van der Waals surface area contributed by atoms with Gasteiger partial charge in [-0.3, -0.25) is 4.79 Å². The summed E-state index contributed by atoms with van der Waals surface area (Å²) in [5.74, 6) is 0.173. The van der Waals surface area contributed by atoms with Gasteiger partial charge in [-0.15, -0.1) is 0 Å². The molecule has 74 valence electrons. The fourth-order valence-electron chi connectivity index (χ4n) is 1.55. The molecule has 1 amide bonds. The van der Waals surface area contributed by atoms with Crippen LogP contribution in [0.1, 0.15) is 6.42 Å². The van der Waals surface area contributed by atoms with Crippen LogP contribution in [-0.4, -0.2) is 17.3 Å². The van der Waals surface area contributed by atoms with Crippen LogP contribution in [0, 0.1) is 3.57 Å². The third kappa shape index (κ3) is 1.95. The van der Waals surface area contributed by atoms with Crippen molar-refractivity contribution in [3.05, 3.63) is 27.8 Å². The lowest BCUT2D eigenvalue weighted by Gasteiger charge is -2.15. The van der Waals surface area contributed by atoms with Crippen LogP contribution in [0.3, 0.4) is 0 Å². The van der Waals surface area contributed by atoms with Crippen molar-refractivity contribution in [3.8, 4) is 0 Å². The Hall–Kier alpha value is -0.100. The van der Waals surface area contributed by atoms with Crippen LogP contribution in [0.2, 0.25) is 0 Å². The summed E-state index contributed by atoms with van der Waals surface area (Å²) < 4.78 is 1.16. The Morgan fingerprint density at radius 1 is 1.50 bits per heavy atom. The van der Waals surface area contributed by atoms with Gasteiger partial charge >= 0.3 is 0 Å². The molecule has 0 spiro atoms. The normalized spacial score (nSPS) is 21.7. The van der Waals surface area contributed by atoms with Crippen molar-refractivity contribution < 1.29 is 4.79 Å². The highest BCUT2D eigenvalue weighted by Gasteiger charge is 2.30. The highest BCUT2D eigenvalue weighted by Crippen LogP contribution is 2.26. The van der Waals surface area contributed by atoms with E-state index in [0.717, 1.165) is 22.2 Å². The molecule has 1 saturated heterocycles. The maximum absolute atomic E-state index is 11.7. The van der Waals surface area contributed by atoms with Crippen molar-refractivity contribution in [2.75, 3.05) is 11.4 Å². The van der Waals surface area contributed by atoms with Crippen molar-refractivity contribution in [1.29, 1.82) is 0 Å². The molecule has 2 rings (SSSR count). The molecule has 1 unspecified atom stereocenters. The summed E-state index contributed by atoms with van der Waals surface area (Å²) in [5, 5.41) is 0. The predicted molar refractivity (Wildman–Crippen MR) is 68.8 cm³/mol. The molecule has 0 radical (unpaired) electrons. The number of benzene rings is 1. The number of carbonyl (C=O) groups excluding carboxylic acids is 1. The standard InChI is InChI=1S/C10H9BrINO/c11-9-4-5-13(10(9)14)8-3-1-2-7(12)6-8/h1-3,6,9H,4-5H2. The van der Waals surface area contributed by atoms with Gasteiger partial charge in [0, 0.05) is 15.8 Å². The Bertz CT molecular complexity index is 369. The lowest BCUT2D eigenvalue weighted by molar-refractivity contribution is -0.116. The molecule has 1 atom stereocenters. The van der Waals surface area contributed by atoms with E-state index in [9.17, 15) is 4.79 Å². The van der Waals surface area contributed by atoms with Gasteiger partial charge in [-0.1, -0.05) is 22.0 Å². The molecule has 1 aromatic carbocycles. The van der Waals surface area contributed by atoms with E-state index in [0.29, 0.717) is 0 Å². The maximum Gasteiger partial charge on any atom is 0.240 e. The highest BCUT2D eigenvalue weighted by atomic mass is 127. The van der Waals surface area contributed by atoms with E-state index in [1.54, 1.807) is 0 Å². The third-order valence-corrected chi connectivity index (χ3v) is 3.78. The van der Waals surface area contributed by atoms with Crippen LogP contribution in [0.5, 0.6) is 0 Å². The molecule has 0 N–H and O–H groups in total. The summed E-state index contributed by atoms with van der Waals surface area (Å²) >= 11 is 5.62. The zero-order valence-corrected chi connectivity index (χ0v) is 11.2. The van der Waals surface area contributed by atoms with Crippen LogP contribution < -0.4 is 4.90 Å². The van der Waals surface area contributed by atoms with Crippen molar-refractivity contribution in [3.63, 3.8) is 0 Å². The van der Waals surface area contributed by atoms with E-state index < -0.39 is 0 Å². The summed E-state index contributed by atoms with van der Waals surface area (Å²) in [6.45, 7) is 0.814. The molecular formula is C10H9BrINO. The number of hydrogen-bond donors (Lipinski definition) is 0. The van der Waals surface area contributed by atoms with Gasteiger partial charge in [-0.25, -0.2) is 0 Å². The quantitative estimate of drug-likeness (QED) is 0.553. The molecule has 4 heteroatoms. The molecule has 0 bridgehead atoms. The summed E-state index contributed by atoms with van der Waals surface area (Å²) in [5.41, 5.74) is 1.00. The molecule has 1 aromatic rings. The van der Waals surface area contributed by atoms with Gasteiger partial charge in [0.2, 0.25) is 5.91 Å². The Labute approximate surface area is 105 Å². The van der Waals surface area contributed by atoms with Crippen molar-refractivity contribution in [2.24, 2.45) is 0 Å². The van der Waals surface area contributed by atoms with E-state index in [4.69, 9.17) is 0 Å². The summed E-state index contributed by atoms with van der Waals surface area (Å²) in [6.07, 6.45) is 0.893. The largest absolute Gasteiger partial charge is 0.311 e. The molecular weight excluding hydrogens is 357 g/mol. The zero-order valence-electron chi connectivity index (χ0n) is 7.41. The van der Waals surface area contributed by atoms with Gasteiger partial charge in [0.25, 0.3) is 0 Å². The topological polar surface area (TPSA) is 20.3 Å². The second-order valence-corrected chi connectivity index (χ2v) is 5.58. The average molecular weight is 366 g/mol.